The van der Waals surface area contributed by atoms with Gasteiger partial charge in [-0.3, -0.25) is 0 Å². The van der Waals surface area contributed by atoms with E-state index in [9.17, 15) is 0 Å². The normalized spacial score (nSPS) is 19.1. The van der Waals surface area contributed by atoms with E-state index in [2.05, 4.69) is 4.99 Å². The lowest BCUT2D eigenvalue weighted by atomic mass is 9.88. The molecule has 0 radical (unpaired) electrons. The minimum absolute atomic E-state index is 0.513. The molecule has 1 aliphatic carbocycles. The van der Waals surface area contributed by atoms with Crippen LogP contribution >= 0.6 is 0 Å². The van der Waals surface area contributed by atoms with Crippen molar-refractivity contribution in [3.63, 3.8) is 0 Å². The minimum atomic E-state index is 0.513. The van der Waals surface area contributed by atoms with Gasteiger partial charge in [0.25, 0.3) is 0 Å². The lowest BCUT2D eigenvalue weighted by molar-refractivity contribution is 0.437. The van der Waals surface area contributed by atoms with Gasteiger partial charge >= 0.3 is 0 Å². The van der Waals surface area contributed by atoms with E-state index in [1.54, 1.807) is 0 Å². The second-order valence-corrected chi connectivity index (χ2v) is 4.21. The van der Waals surface area contributed by atoms with Crippen LogP contribution in [0, 0.1) is 5.92 Å². The highest BCUT2D eigenvalue weighted by molar-refractivity contribution is 5.85. The van der Waals surface area contributed by atoms with Crippen LogP contribution < -0.4 is 5.73 Å². The van der Waals surface area contributed by atoms with Gasteiger partial charge in [0, 0.05) is 5.92 Å². The van der Waals surface area contributed by atoms with Crippen molar-refractivity contribution in [1.29, 1.82) is 0 Å². The van der Waals surface area contributed by atoms with E-state index < -0.39 is 0 Å². The van der Waals surface area contributed by atoms with Gasteiger partial charge in [0.05, 0.1) is 5.69 Å². The second-order valence-electron chi connectivity index (χ2n) is 4.21. The first-order valence-corrected chi connectivity index (χ1v) is 5.75. The van der Waals surface area contributed by atoms with Crippen molar-refractivity contribution in [1.82, 2.24) is 0 Å². The summed E-state index contributed by atoms with van der Waals surface area (Å²) in [6.45, 7) is 0. The lowest BCUT2D eigenvalue weighted by Crippen LogP contribution is -2.25. The average molecular weight is 202 g/mol. The first-order chi connectivity index (χ1) is 7.36. The second kappa shape index (κ2) is 4.96. The summed E-state index contributed by atoms with van der Waals surface area (Å²) in [7, 11) is 0. The summed E-state index contributed by atoms with van der Waals surface area (Å²) in [6, 6.07) is 9.97. The molecule has 1 fully saturated rings. The number of hydrogen-bond donors (Lipinski definition) is 1. The van der Waals surface area contributed by atoms with Crippen LogP contribution in [0.3, 0.4) is 0 Å². The molecule has 2 N–H and O–H groups in total. The minimum Gasteiger partial charge on any atom is -0.387 e. The Labute approximate surface area is 91.2 Å². The SMILES string of the molecule is NC(=Nc1ccccc1)C1CCCCC1. The number of aliphatic imine (C=N–C) groups is 1. The maximum atomic E-state index is 6.03. The van der Waals surface area contributed by atoms with Gasteiger partial charge in [-0.05, 0) is 25.0 Å². The topological polar surface area (TPSA) is 38.4 Å². The molecule has 15 heavy (non-hydrogen) atoms. The predicted octanol–water partition coefficient (Wildman–Crippen LogP) is 3.26. The highest BCUT2D eigenvalue weighted by atomic mass is 14.9. The molecule has 2 heteroatoms. The van der Waals surface area contributed by atoms with E-state index in [-0.39, 0.29) is 0 Å². The van der Waals surface area contributed by atoms with E-state index in [0.717, 1.165) is 11.5 Å². The van der Waals surface area contributed by atoms with Crippen LogP contribution in [0.4, 0.5) is 5.69 Å². The Hall–Kier alpha value is -1.31. The molecule has 0 bridgehead atoms. The Morgan fingerprint density at radius 1 is 1.07 bits per heavy atom. The zero-order chi connectivity index (χ0) is 10.5. The van der Waals surface area contributed by atoms with E-state index in [1.165, 1.54) is 32.1 Å². The summed E-state index contributed by atoms with van der Waals surface area (Å²) in [5.74, 6) is 1.33. The monoisotopic (exact) mass is 202 g/mol. The average Bonchev–Trinajstić information content (AvgIpc) is 2.31. The molecule has 0 heterocycles. The third-order valence-electron chi connectivity index (χ3n) is 3.04. The number of rotatable bonds is 2. The van der Waals surface area contributed by atoms with Crippen LogP contribution in [0.25, 0.3) is 0 Å². The van der Waals surface area contributed by atoms with Crippen LogP contribution in [0.15, 0.2) is 35.3 Å². The zero-order valence-corrected chi connectivity index (χ0v) is 9.02. The Kier molecular flexibility index (Phi) is 3.38. The van der Waals surface area contributed by atoms with Gasteiger partial charge in [-0.25, -0.2) is 4.99 Å². The van der Waals surface area contributed by atoms with E-state index in [0.29, 0.717) is 5.92 Å². The number of amidine groups is 1. The molecule has 0 aromatic heterocycles. The van der Waals surface area contributed by atoms with Crippen molar-refractivity contribution in [3.8, 4) is 0 Å². The molecule has 1 aliphatic rings. The number of nitrogens with two attached hydrogens (primary N) is 1. The van der Waals surface area contributed by atoms with Crippen molar-refractivity contribution >= 4 is 11.5 Å². The molecule has 0 unspecified atom stereocenters. The fourth-order valence-corrected chi connectivity index (χ4v) is 2.14. The van der Waals surface area contributed by atoms with Gasteiger partial charge in [-0.2, -0.15) is 0 Å². The van der Waals surface area contributed by atoms with Gasteiger partial charge < -0.3 is 5.73 Å². The smallest absolute Gasteiger partial charge is 0.103 e. The van der Waals surface area contributed by atoms with Crippen molar-refractivity contribution < 1.29 is 0 Å². The molecule has 0 spiro atoms. The standard InChI is InChI=1S/C13H18N2/c14-13(11-7-3-1-4-8-11)15-12-9-5-2-6-10-12/h2,5-6,9-11H,1,3-4,7-8H2,(H2,14,15). The largest absolute Gasteiger partial charge is 0.387 e. The zero-order valence-electron chi connectivity index (χ0n) is 9.02. The Balaban J connectivity index is 2.06. The van der Waals surface area contributed by atoms with Gasteiger partial charge in [0.15, 0.2) is 0 Å². The van der Waals surface area contributed by atoms with Crippen molar-refractivity contribution in [2.75, 3.05) is 0 Å². The summed E-state index contributed by atoms with van der Waals surface area (Å²) in [4.78, 5) is 4.48. The first-order valence-electron chi connectivity index (χ1n) is 5.75. The van der Waals surface area contributed by atoms with E-state index in [4.69, 9.17) is 5.73 Å². The number of hydrogen-bond acceptors (Lipinski definition) is 1. The summed E-state index contributed by atoms with van der Waals surface area (Å²) in [5, 5.41) is 0. The van der Waals surface area contributed by atoms with Crippen LogP contribution in [0.2, 0.25) is 0 Å². The molecule has 0 aliphatic heterocycles. The summed E-state index contributed by atoms with van der Waals surface area (Å²) in [6.07, 6.45) is 6.38. The summed E-state index contributed by atoms with van der Waals surface area (Å²) >= 11 is 0. The molecule has 1 aromatic rings. The Morgan fingerprint density at radius 2 is 1.73 bits per heavy atom. The van der Waals surface area contributed by atoms with E-state index >= 15 is 0 Å². The molecule has 2 rings (SSSR count). The predicted molar refractivity (Wildman–Crippen MR) is 64.3 cm³/mol. The van der Waals surface area contributed by atoms with Crippen molar-refractivity contribution in [2.45, 2.75) is 32.1 Å². The molecule has 0 amide bonds. The molecule has 80 valence electrons. The molecular formula is C13H18N2. The van der Waals surface area contributed by atoms with Gasteiger partial charge in [0.2, 0.25) is 0 Å². The lowest BCUT2D eigenvalue weighted by Gasteiger charge is -2.20. The first kappa shape index (κ1) is 10.2. The Bertz CT molecular complexity index is 324. The molecule has 2 nitrogen and oxygen atoms in total. The number of nitrogens with zero attached hydrogens (tertiary/aromatic N) is 1. The highest BCUT2D eigenvalue weighted by Gasteiger charge is 2.16. The number of benzene rings is 1. The quantitative estimate of drug-likeness (QED) is 0.580. The molecule has 0 saturated heterocycles. The number of para-hydroxylation sites is 1. The van der Waals surface area contributed by atoms with Crippen molar-refractivity contribution in [2.24, 2.45) is 16.6 Å². The molecule has 1 saturated carbocycles. The fourth-order valence-electron chi connectivity index (χ4n) is 2.14. The van der Waals surface area contributed by atoms with Crippen LogP contribution in [-0.2, 0) is 0 Å². The molecular weight excluding hydrogens is 184 g/mol. The van der Waals surface area contributed by atoms with Crippen molar-refractivity contribution in [3.05, 3.63) is 30.3 Å². The summed E-state index contributed by atoms with van der Waals surface area (Å²) < 4.78 is 0. The van der Waals surface area contributed by atoms with Gasteiger partial charge in [0.1, 0.15) is 5.84 Å². The maximum absolute atomic E-state index is 6.03. The molecule has 1 aromatic carbocycles. The van der Waals surface area contributed by atoms with Gasteiger partial charge in [-0.1, -0.05) is 37.5 Å². The molecule has 0 atom stereocenters. The highest BCUT2D eigenvalue weighted by Crippen LogP contribution is 2.24. The fraction of sp³-hybridized carbons (Fsp3) is 0.462. The third-order valence-corrected chi connectivity index (χ3v) is 3.04. The van der Waals surface area contributed by atoms with Crippen LogP contribution in [-0.4, -0.2) is 5.84 Å². The van der Waals surface area contributed by atoms with Gasteiger partial charge in [-0.15, -0.1) is 0 Å². The van der Waals surface area contributed by atoms with Crippen LogP contribution in [0.1, 0.15) is 32.1 Å². The summed E-state index contributed by atoms with van der Waals surface area (Å²) in [5.41, 5.74) is 7.00. The van der Waals surface area contributed by atoms with E-state index in [1.807, 2.05) is 30.3 Å². The van der Waals surface area contributed by atoms with Crippen LogP contribution in [0.5, 0.6) is 0 Å². The maximum Gasteiger partial charge on any atom is 0.103 e. The Morgan fingerprint density at radius 3 is 2.40 bits per heavy atom. The third kappa shape index (κ3) is 2.82.